The van der Waals surface area contributed by atoms with E-state index < -0.39 is 4.92 Å². The number of benzene rings is 2. The van der Waals surface area contributed by atoms with E-state index in [4.69, 9.17) is 9.47 Å². The number of nitro groups is 1. The molecule has 1 fully saturated rings. The summed E-state index contributed by atoms with van der Waals surface area (Å²) in [7, 11) is 0. The number of non-ortho nitro benzene ring substituents is 1. The van der Waals surface area contributed by atoms with Gasteiger partial charge in [-0.05, 0) is 48.2 Å². The molecule has 0 aliphatic carbocycles. The first-order chi connectivity index (χ1) is 10.7. The van der Waals surface area contributed by atoms with Crippen molar-refractivity contribution >= 4 is 5.69 Å². The van der Waals surface area contributed by atoms with Crippen molar-refractivity contribution in [3.8, 4) is 16.9 Å². The first-order valence-corrected chi connectivity index (χ1v) is 7.35. The lowest BCUT2D eigenvalue weighted by Gasteiger charge is -2.23. The van der Waals surface area contributed by atoms with Crippen molar-refractivity contribution in [1.29, 1.82) is 0 Å². The molecule has 114 valence electrons. The predicted molar refractivity (Wildman–Crippen MR) is 82.8 cm³/mol. The third-order valence-electron chi connectivity index (χ3n) is 3.67. The summed E-state index contributed by atoms with van der Waals surface area (Å²) in [4.78, 5) is 10.3. The summed E-state index contributed by atoms with van der Waals surface area (Å²) in [6, 6.07) is 14.2. The highest BCUT2D eigenvalue weighted by molar-refractivity contribution is 5.65. The van der Waals surface area contributed by atoms with E-state index in [-0.39, 0.29) is 12.0 Å². The van der Waals surface area contributed by atoms with E-state index in [0.717, 1.165) is 42.7 Å². The molecule has 0 spiro atoms. The fourth-order valence-electron chi connectivity index (χ4n) is 2.46. The maximum Gasteiger partial charge on any atom is 0.269 e. The Labute approximate surface area is 128 Å². The van der Waals surface area contributed by atoms with Crippen LogP contribution in [0.1, 0.15) is 19.3 Å². The second-order valence-electron chi connectivity index (χ2n) is 5.24. The van der Waals surface area contributed by atoms with Crippen LogP contribution in [0.5, 0.6) is 5.75 Å². The number of ether oxygens (including phenoxy) is 2. The second kappa shape index (κ2) is 6.58. The molecular formula is C17H17NO4. The van der Waals surface area contributed by atoms with Crippen molar-refractivity contribution in [2.45, 2.75) is 25.6 Å². The fraction of sp³-hybridized carbons (Fsp3) is 0.294. The standard InChI is InChI=1S/C17H17NO4/c19-18(20)15-8-4-13(5-9-15)14-6-10-16(11-7-14)22-17-3-1-2-12-21-17/h4-11,17H,1-3,12H2. The zero-order chi connectivity index (χ0) is 15.4. The highest BCUT2D eigenvalue weighted by Gasteiger charge is 2.15. The summed E-state index contributed by atoms with van der Waals surface area (Å²) >= 11 is 0. The van der Waals surface area contributed by atoms with Crippen LogP contribution in [-0.4, -0.2) is 17.8 Å². The lowest BCUT2D eigenvalue weighted by Crippen LogP contribution is -2.24. The zero-order valence-corrected chi connectivity index (χ0v) is 12.1. The van der Waals surface area contributed by atoms with E-state index >= 15 is 0 Å². The van der Waals surface area contributed by atoms with Crippen LogP contribution in [0.25, 0.3) is 11.1 Å². The molecule has 1 aliphatic heterocycles. The number of hydrogen-bond acceptors (Lipinski definition) is 4. The van der Waals surface area contributed by atoms with Gasteiger partial charge in [-0.3, -0.25) is 10.1 Å². The minimum absolute atomic E-state index is 0.0955. The average molecular weight is 299 g/mol. The largest absolute Gasteiger partial charge is 0.465 e. The van der Waals surface area contributed by atoms with Gasteiger partial charge in [0.1, 0.15) is 5.75 Å². The maximum atomic E-state index is 10.7. The lowest BCUT2D eigenvalue weighted by atomic mass is 10.1. The first-order valence-electron chi connectivity index (χ1n) is 7.35. The monoisotopic (exact) mass is 299 g/mol. The Bertz CT molecular complexity index is 631. The first kappa shape index (κ1) is 14.5. The van der Waals surface area contributed by atoms with Crippen LogP contribution in [-0.2, 0) is 4.74 Å². The molecule has 22 heavy (non-hydrogen) atoms. The van der Waals surface area contributed by atoms with Gasteiger partial charge in [0.2, 0.25) is 0 Å². The number of nitrogens with zero attached hydrogens (tertiary/aromatic N) is 1. The molecule has 0 aromatic heterocycles. The van der Waals surface area contributed by atoms with Gasteiger partial charge in [0.05, 0.1) is 11.5 Å². The van der Waals surface area contributed by atoms with Crippen LogP contribution in [0.2, 0.25) is 0 Å². The fourth-order valence-corrected chi connectivity index (χ4v) is 2.46. The highest BCUT2D eigenvalue weighted by Crippen LogP contribution is 2.26. The van der Waals surface area contributed by atoms with Crippen molar-refractivity contribution in [2.24, 2.45) is 0 Å². The van der Waals surface area contributed by atoms with E-state index in [1.807, 2.05) is 24.3 Å². The second-order valence-corrected chi connectivity index (χ2v) is 5.24. The van der Waals surface area contributed by atoms with Crippen LogP contribution in [0.3, 0.4) is 0 Å². The van der Waals surface area contributed by atoms with Gasteiger partial charge in [-0.15, -0.1) is 0 Å². The van der Waals surface area contributed by atoms with Gasteiger partial charge in [-0.25, -0.2) is 0 Å². The molecule has 1 aliphatic rings. The molecule has 5 heteroatoms. The van der Waals surface area contributed by atoms with Crippen LogP contribution >= 0.6 is 0 Å². The van der Waals surface area contributed by atoms with Crippen LogP contribution in [0.15, 0.2) is 48.5 Å². The summed E-state index contributed by atoms with van der Waals surface area (Å²) in [5, 5.41) is 10.7. The summed E-state index contributed by atoms with van der Waals surface area (Å²) in [5.41, 5.74) is 2.02. The van der Waals surface area contributed by atoms with E-state index in [9.17, 15) is 10.1 Å². The third kappa shape index (κ3) is 3.43. The van der Waals surface area contributed by atoms with Crippen molar-refractivity contribution in [3.05, 3.63) is 58.6 Å². The summed E-state index contributed by atoms with van der Waals surface area (Å²) in [5.74, 6) is 0.776. The van der Waals surface area contributed by atoms with Gasteiger partial charge in [0.15, 0.2) is 6.29 Å². The minimum atomic E-state index is -0.398. The summed E-state index contributed by atoms with van der Waals surface area (Å²) in [6.07, 6.45) is 2.99. The molecule has 0 N–H and O–H groups in total. The lowest BCUT2D eigenvalue weighted by molar-refractivity contribution is -0.384. The summed E-state index contributed by atoms with van der Waals surface area (Å²) in [6.45, 7) is 0.756. The molecule has 3 rings (SSSR count). The number of rotatable bonds is 4. The quantitative estimate of drug-likeness (QED) is 0.628. The maximum absolute atomic E-state index is 10.7. The summed E-state index contributed by atoms with van der Waals surface area (Å²) < 4.78 is 11.3. The normalized spacial score (nSPS) is 17.9. The molecule has 0 saturated carbocycles. The van der Waals surface area contributed by atoms with Crippen molar-refractivity contribution in [2.75, 3.05) is 6.61 Å². The van der Waals surface area contributed by atoms with Gasteiger partial charge in [-0.1, -0.05) is 12.1 Å². The minimum Gasteiger partial charge on any atom is -0.465 e. The van der Waals surface area contributed by atoms with Gasteiger partial charge in [0, 0.05) is 18.6 Å². The SMILES string of the molecule is O=[N+]([O-])c1ccc(-c2ccc(OC3CCCCO3)cc2)cc1. The molecule has 0 amide bonds. The van der Waals surface area contributed by atoms with Crippen molar-refractivity contribution in [3.63, 3.8) is 0 Å². The Morgan fingerprint density at radius 2 is 1.64 bits per heavy atom. The molecule has 2 aromatic rings. The molecule has 1 saturated heterocycles. The molecular weight excluding hydrogens is 282 g/mol. The number of nitro benzene ring substituents is 1. The zero-order valence-electron chi connectivity index (χ0n) is 12.1. The Hall–Kier alpha value is -2.40. The third-order valence-corrected chi connectivity index (χ3v) is 3.67. The molecule has 1 atom stereocenters. The van der Waals surface area contributed by atoms with E-state index in [0.29, 0.717) is 0 Å². The van der Waals surface area contributed by atoms with Gasteiger partial charge in [0.25, 0.3) is 5.69 Å². The van der Waals surface area contributed by atoms with Crippen LogP contribution < -0.4 is 4.74 Å². The Morgan fingerprint density at radius 1 is 1.00 bits per heavy atom. The molecule has 1 unspecified atom stereocenters. The van der Waals surface area contributed by atoms with Gasteiger partial charge in [-0.2, -0.15) is 0 Å². The molecule has 0 radical (unpaired) electrons. The molecule has 5 nitrogen and oxygen atoms in total. The van der Waals surface area contributed by atoms with Crippen LogP contribution in [0, 0.1) is 10.1 Å². The Balaban J connectivity index is 1.69. The average Bonchev–Trinajstić information content (AvgIpc) is 2.57. The van der Waals surface area contributed by atoms with Gasteiger partial charge >= 0.3 is 0 Å². The van der Waals surface area contributed by atoms with Crippen LogP contribution in [0.4, 0.5) is 5.69 Å². The van der Waals surface area contributed by atoms with Crippen molar-refractivity contribution in [1.82, 2.24) is 0 Å². The number of hydrogen-bond donors (Lipinski definition) is 0. The highest BCUT2D eigenvalue weighted by atomic mass is 16.7. The van der Waals surface area contributed by atoms with Gasteiger partial charge < -0.3 is 9.47 Å². The predicted octanol–water partition coefficient (Wildman–Crippen LogP) is 4.17. The Kier molecular flexibility index (Phi) is 4.34. The molecule has 2 aromatic carbocycles. The Morgan fingerprint density at radius 3 is 2.18 bits per heavy atom. The van der Waals surface area contributed by atoms with E-state index in [1.54, 1.807) is 12.1 Å². The molecule has 1 heterocycles. The molecule has 0 bridgehead atoms. The topological polar surface area (TPSA) is 61.6 Å². The smallest absolute Gasteiger partial charge is 0.269 e. The van der Waals surface area contributed by atoms with Crippen molar-refractivity contribution < 1.29 is 14.4 Å². The van der Waals surface area contributed by atoms with E-state index in [1.165, 1.54) is 12.1 Å². The van der Waals surface area contributed by atoms with E-state index in [2.05, 4.69) is 0 Å².